The van der Waals surface area contributed by atoms with Crippen LogP contribution in [-0.2, 0) is 11.3 Å². The van der Waals surface area contributed by atoms with Crippen LogP contribution in [0.1, 0.15) is 24.0 Å². The zero-order valence-electron chi connectivity index (χ0n) is 14.7. The maximum absolute atomic E-state index is 12.3. The molecule has 2 aromatic carbocycles. The van der Waals surface area contributed by atoms with Crippen molar-refractivity contribution in [3.05, 3.63) is 63.1 Å². The summed E-state index contributed by atoms with van der Waals surface area (Å²) in [5.41, 5.74) is 4.36. The normalized spacial score (nSPS) is 15.9. The van der Waals surface area contributed by atoms with Gasteiger partial charge in [-0.3, -0.25) is 9.69 Å². The van der Waals surface area contributed by atoms with E-state index in [1.54, 1.807) is 18.2 Å². The van der Waals surface area contributed by atoms with Gasteiger partial charge in [-0.2, -0.15) is 5.10 Å². The molecule has 1 aliphatic rings. The number of carbonyl (C=O) groups excluding carboxylic acids is 1. The molecule has 3 rings (SSSR count). The molecule has 1 saturated heterocycles. The van der Waals surface area contributed by atoms with E-state index >= 15 is 0 Å². The van der Waals surface area contributed by atoms with Crippen LogP contribution in [0.2, 0.25) is 5.02 Å². The lowest BCUT2D eigenvalue weighted by atomic mass is 9.96. The smallest absolute Gasteiger partial charge is 0.243 e. The van der Waals surface area contributed by atoms with E-state index in [2.05, 4.69) is 31.4 Å². The summed E-state index contributed by atoms with van der Waals surface area (Å²) >= 11 is 9.26. The maximum atomic E-state index is 12.3. The van der Waals surface area contributed by atoms with Gasteiger partial charge in [-0.05, 0) is 61.8 Å². The second-order valence-electron chi connectivity index (χ2n) is 6.61. The Morgan fingerprint density at radius 2 is 1.96 bits per heavy atom. The van der Waals surface area contributed by atoms with Crippen molar-refractivity contribution in [3.8, 4) is 5.75 Å². The number of phenolic OH excluding ortho intramolecular Hbond substituents is 1. The van der Waals surface area contributed by atoms with Gasteiger partial charge in [0.15, 0.2) is 0 Å². The highest BCUT2D eigenvalue weighted by Gasteiger charge is 2.24. The quantitative estimate of drug-likeness (QED) is 0.531. The molecule has 2 N–H and O–H groups in total. The van der Waals surface area contributed by atoms with Gasteiger partial charge in [0.1, 0.15) is 5.75 Å². The average Bonchev–Trinajstić information content (AvgIpc) is 2.67. The molecule has 1 aliphatic heterocycles. The Kier molecular flexibility index (Phi) is 6.88. The summed E-state index contributed by atoms with van der Waals surface area (Å²) in [5, 5.41) is 14.5. The fourth-order valence-electron chi connectivity index (χ4n) is 3.09. The van der Waals surface area contributed by atoms with Gasteiger partial charge in [-0.15, -0.1) is 0 Å². The molecule has 1 heterocycles. The Morgan fingerprint density at radius 1 is 1.26 bits per heavy atom. The van der Waals surface area contributed by atoms with Gasteiger partial charge < -0.3 is 5.11 Å². The standard InChI is InChI=1S/C20H21BrClN3O2/c21-17-3-6-19(26)16(11-17)12-23-24-20(27)15-7-9-25(10-8-15)13-14-1-4-18(22)5-2-14/h1-6,11-12,15,26H,7-10,13H2,(H,24,27)/b23-12+. The van der Waals surface area contributed by atoms with Crippen LogP contribution in [0, 0.1) is 5.92 Å². The van der Waals surface area contributed by atoms with Crippen LogP contribution in [0.25, 0.3) is 0 Å². The number of amides is 1. The van der Waals surface area contributed by atoms with Gasteiger partial charge in [-0.25, -0.2) is 5.43 Å². The first kappa shape index (κ1) is 19.9. The second-order valence-corrected chi connectivity index (χ2v) is 7.97. The topological polar surface area (TPSA) is 64.9 Å². The molecule has 0 spiro atoms. The Labute approximate surface area is 172 Å². The van der Waals surface area contributed by atoms with Crippen molar-refractivity contribution >= 4 is 39.7 Å². The lowest BCUT2D eigenvalue weighted by Gasteiger charge is -2.30. The fraction of sp³-hybridized carbons (Fsp3) is 0.300. The largest absolute Gasteiger partial charge is 0.507 e. The molecule has 0 aromatic heterocycles. The molecule has 0 aliphatic carbocycles. The molecule has 5 nitrogen and oxygen atoms in total. The van der Waals surface area contributed by atoms with E-state index in [9.17, 15) is 9.90 Å². The summed E-state index contributed by atoms with van der Waals surface area (Å²) in [5.74, 6) is -0.00156. The summed E-state index contributed by atoms with van der Waals surface area (Å²) in [7, 11) is 0. The van der Waals surface area contributed by atoms with E-state index in [-0.39, 0.29) is 17.6 Å². The van der Waals surface area contributed by atoms with Gasteiger partial charge >= 0.3 is 0 Å². The highest BCUT2D eigenvalue weighted by Crippen LogP contribution is 2.21. The van der Waals surface area contributed by atoms with Crippen molar-refractivity contribution < 1.29 is 9.90 Å². The van der Waals surface area contributed by atoms with Crippen LogP contribution in [0.5, 0.6) is 5.75 Å². The van der Waals surface area contributed by atoms with Crippen LogP contribution >= 0.6 is 27.5 Å². The first-order chi connectivity index (χ1) is 13.0. The minimum atomic E-state index is -0.0770. The molecule has 0 bridgehead atoms. The third-order valence-corrected chi connectivity index (χ3v) is 5.39. The van der Waals surface area contributed by atoms with E-state index < -0.39 is 0 Å². The number of piperidine rings is 1. The van der Waals surface area contributed by atoms with Crippen LogP contribution in [-0.4, -0.2) is 35.2 Å². The van der Waals surface area contributed by atoms with Gasteiger partial charge in [0.25, 0.3) is 0 Å². The number of benzene rings is 2. The molecular formula is C20H21BrClN3O2. The molecule has 27 heavy (non-hydrogen) atoms. The summed E-state index contributed by atoms with van der Waals surface area (Å²) in [6, 6.07) is 12.9. The minimum absolute atomic E-state index is 0.0419. The van der Waals surface area contributed by atoms with Crippen molar-refractivity contribution in [1.82, 2.24) is 10.3 Å². The zero-order valence-corrected chi connectivity index (χ0v) is 17.1. The third kappa shape index (κ3) is 5.79. The zero-order chi connectivity index (χ0) is 19.2. The molecule has 2 aromatic rings. The molecule has 1 fully saturated rings. The summed E-state index contributed by atoms with van der Waals surface area (Å²) in [4.78, 5) is 14.7. The van der Waals surface area contributed by atoms with Gasteiger partial charge in [-0.1, -0.05) is 39.7 Å². The molecule has 0 saturated carbocycles. The maximum Gasteiger partial charge on any atom is 0.243 e. The lowest BCUT2D eigenvalue weighted by Crippen LogP contribution is -2.39. The number of nitrogens with zero attached hydrogens (tertiary/aromatic N) is 2. The molecule has 142 valence electrons. The first-order valence-corrected chi connectivity index (χ1v) is 9.96. The Hall–Kier alpha value is -1.89. The summed E-state index contributed by atoms with van der Waals surface area (Å²) < 4.78 is 0.834. The van der Waals surface area contributed by atoms with Crippen molar-refractivity contribution in [1.29, 1.82) is 0 Å². The number of aromatic hydroxyl groups is 1. The lowest BCUT2D eigenvalue weighted by molar-refractivity contribution is -0.126. The number of phenols is 1. The van der Waals surface area contributed by atoms with E-state index in [4.69, 9.17) is 11.6 Å². The van der Waals surface area contributed by atoms with E-state index in [0.29, 0.717) is 5.56 Å². The van der Waals surface area contributed by atoms with Crippen molar-refractivity contribution in [2.24, 2.45) is 11.0 Å². The van der Waals surface area contributed by atoms with Gasteiger partial charge in [0.05, 0.1) is 6.21 Å². The summed E-state index contributed by atoms with van der Waals surface area (Å²) in [6.45, 7) is 2.61. The number of hydrazone groups is 1. The fourth-order valence-corrected chi connectivity index (χ4v) is 3.59. The van der Waals surface area contributed by atoms with Gasteiger partial charge in [0.2, 0.25) is 5.91 Å². The van der Waals surface area contributed by atoms with Crippen molar-refractivity contribution in [3.63, 3.8) is 0 Å². The van der Waals surface area contributed by atoms with Gasteiger partial charge in [0, 0.05) is 27.5 Å². The number of rotatable bonds is 5. The molecule has 1 amide bonds. The molecule has 0 atom stereocenters. The minimum Gasteiger partial charge on any atom is -0.507 e. The van der Waals surface area contributed by atoms with E-state index in [1.165, 1.54) is 11.8 Å². The molecule has 7 heteroatoms. The van der Waals surface area contributed by atoms with Crippen LogP contribution in [0.4, 0.5) is 0 Å². The average molecular weight is 451 g/mol. The third-order valence-electron chi connectivity index (χ3n) is 4.65. The predicted molar refractivity (Wildman–Crippen MR) is 111 cm³/mol. The molecular weight excluding hydrogens is 430 g/mol. The van der Waals surface area contributed by atoms with Crippen LogP contribution in [0.15, 0.2) is 52.0 Å². The van der Waals surface area contributed by atoms with Crippen molar-refractivity contribution in [2.45, 2.75) is 19.4 Å². The number of hydrogen-bond donors (Lipinski definition) is 2. The Morgan fingerprint density at radius 3 is 2.67 bits per heavy atom. The number of likely N-dealkylation sites (tertiary alicyclic amines) is 1. The summed E-state index contributed by atoms with van der Waals surface area (Å²) in [6.07, 6.45) is 3.06. The number of hydrogen-bond acceptors (Lipinski definition) is 4. The SMILES string of the molecule is O=C(N/N=C/c1cc(Br)ccc1O)C1CCN(Cc2ccc(Cl)cc2)CC1. The first-order valence-electron chi connectivity index (χ1n) is 8.79. The van der Waals surface area contributed by atoms with Crippen LogP contribution in [0.3, 0.4) is 0 Å². The predicted octanol–water partition coefficient (Wildman–Crippen LogP) is 4.17. The highest BCUT2D eigenvalue weighted by atomic mass is 79.9. The monoisotopic (exact) mass is 449 g/mol. The van der Waals surface area contributed by atoms with E-state index in [1.807, 2.05) is 24.3 Å². The number of halogens is 2. The Balaban J connectivity index is 1.46. The molecule has 0 unspecified atom stereocenters. The number of nitrogens with one attached hydrogen (secondary N) is 1. The van der Waals surface area contributed by atoms with Crippen molar-refractivity contribution in [2.75, 3.05) is 13.1 Å². The van der Waals surface area contributed by atoms with E-state index in [0.717, 1.165) is 42.0 Å². The Bertz CT molecular complexity index is 818. The second kappa shape index (κ2) is 9.35. The number of carbonyl (C=O) groups is 1. The van der Waals surface area contributed by atoms with Crippen LogP contribution < -0.4 is 5.43 Å². The molecule has 0 radical (unpaired) electrons. The highest BCUT2D eigenvalue weighted by molar-refractivity contribution is 9.10.